The number of aryl methyl sites for hydroxylation is 2. The van der Waals surface area contributed by atoms with E-state index in [0.717, 1.165) is 17.2 Å². The van der Waals surface area contributed by atoms with Crippen LogP contribution >= 0.6 is 23.2 Å². The lowest BCUT2D eigenvalue weighted by molar-refractivity contribution is 0.563. The first-order chi connectivity index (χ1) is 6.02. The van der Waals surface area contributed by atoms with E-state index in [0.29, 0.717) is 10.0 Å². The van der Waals surface area contributed by atoms with Gasteiger partial charge in [-0.15, -0.1) is 0 Å². The van der Waals surface area contributed by atoms with Crippen LogP contribution in [0, 0.1) is 19.3 Å². The van der Waals surface area contributed by atoms with Crippen molar-refractivity contribution in [2.45, 2.75) is 13.8 Å². The first-order valence-electron chi connectivity index (χ1n) is 3.49. The van der Waals surface area contributed by atoms with Gasteiger partial charge < -0.3 is 0 Å². The summed E-state index contributed by atoms with van der Waals surface area (Å²) in [6, 6.07) is 3.87. The van der Waals surface area contributed by atoms with E-state index in [2.05, 4.69) is 0 Å². The topological polar surface area (TPSA) is 40.9 Å². The van der Waals surface area contributed by atoms with Gasteiger partial charge in [-0.25, -0.2) is 10.2 Å². The number of benzene rings is 1. The van der Waals surface area contributed by atoms with E-state index in [4.69, 9.17) is 33.4 Å². The van der Waals surface area contributed by atoms with Crippen LogP contribution in [0.4, 0.5) is 0 Å². The maximum Gasteiger partial charge on any atom is 0.231 e. The van der Waals surface area contributed by atoms with Gasteiger partial charge in [-0.3, -0.25) is 0 Å². The monoisotopic (exact) mass is 217 g/mol. The minimum atomic E-state index is 0.638. The molecule has 0 aliphatic heterocycles. The molecule has 0 unspecified atom stereocenters. The third kappa shape index (κ3) is 4.09. The second-order valence-electron chi connectivity index (χ2n) is 2.48. The van der Waals surface area contributed by atoms with Crippen molar-refractivity contribution in [2.24, 2.45) is 0 Å². The third-order valence-corrected chi connectivity index (χ3v) is 2.25. The molecule has 0 spiro atoms. The van der Waals surface area contributed by atoms with Crippen LogP contribution < -0.4 is 0 Å². The molecule has 70 valence electrons. The molecule has 0 radical (unpaired) electrons. The minimum absolute atomic E-state index is 0.638. The van der Waals surface area contributed by atoms with Gasteiger partial charge in [0.05, 0.1) is 10.0 Å². The summed E-state index contributed by atoms with van der Waals surface area (Å²) >= 11 is 11.6. The van der Waals surface area contributed by atoms with Crippen molar-refractivity contribution in [1.29, 1.82) is 5.41 Å². The molecule has 1 N–H and O–H groups in total. The molecule has 4 heteroatoms. The van der Waals surface area contributed by atoms with Gasteiger partial charge >= 0.3 is 0 Å². The summed E-state index contributed by atoms with van der Waals surface area (Å²) in [5.74, 6) is 0. The third-order valence-electron chi connectivity index (χ3n) is 1.35. The van der Waals surface area contributed by atoms with Gasteiger partial charge in [0.1, 0.15) is 0 Å². The summed E-state index contributed by atoms with van der Waals surface area (Å²) in [6.07, 6.45) is 0.750. The highest BCUT2D eigenvalue weighted by molar-refractivity contribution is 6.42. The first kappa shape index (κ1) is 12.2. The molecule has 0 saturated heterocycles. The fourth-order valence-electron chi connectivity index (χ4n) is 0.898. The molecule has 0 aliphatic rings. The molecule has 1 aromatic carbocycles. The van der Waals surface area contributed by atoms with Crippen LogP contribution in [-0.4, -0.2) is 6.08 Å². The highest BCUT2D eigenvalue weighted by Crippen LogP contribution is 2.26. The number of nitrogens with one attached hydrogen (secondary N) is 1. The van der Waals surface area contributed by atoms with E-state index in [1.54, 1.807) is 0 Å². The summed E-state index contributed by atoms with van der Waals surface area (Å²) in [6.45, 7) is 3.94. The number of halogens is 2. The Morgan fingerprint density at radius 1 is 1.31 bits per heavy atom. The average molecular weight is 218 g/mol. The maximum atomic E-state index is 8.35. The quantitative estimate of drug-likeness (QED) is 0.525. The maximum absolute atomic E-state index is 8.35. The molecule has 0 saturated carbocycles. The zero-order valence-electron chi connectivity index (χ0n) is 7.32. The van der Waals surface area contributed by atoms with Crippen molar-refractivity contribution in [1.82, 2.24) is 0 Å². The zero-order chi connectivity index (χ0) is 10.4. The Balaban J connectivity index is 0.000000424. The predicted molar refractivity (Wildman–Crippen MR) is 54.3 cm³/mol. The molecule has 0 amide bonds. The molecular formula is C9H9Cl2NO. The zero-order valence-corrected chi connectivity index (χ0v) is 8.83. The average Bonchev–Trinajstić information content (AvgIpc) is 2.01. The Bertz CT molecular complexity index is 307. The summed E-state index contributed by atoms with van der Waals surface area (Å²) in [5.41, 5.74) is 2.18. The number of rotatable bonds is 0. The van der Waals surface area contributed by atoms with Crippen molar-refractivity contribution >= 4 is 29.3 Å². The van der Waals surface area contributed by atoms with E-state index >= 15 is 0 Å². The Hall–Kier alpha value is -0.820. The fourth-order valence-corrected chi connectivity index (χ4v) is 1.33. The first-order valence-corrected chi connectivity index (χ1v) is 4.24. The summed E-state index contributed by atoms with van der Waals surface area (Å²) < 4.78 is 0. The Morgan fingerprint density at radius 2 is 1.77 bits per heavy atom. The number of carbonyl (C=O) groups excluding carboxylic acids is 1. The Morgan fingerprint density at radius 3 is 2.15 bits per heavy atom. The standard InChI is InChI=1S/C8H8Cl2.CHNO/c1-5-3-6(2)8(10)7(9)4-5;2-1-3/h3-4H,1-2H3;2H. The van der Waals surface area contributed by atoms with Gasteiger partial charge in [0, 0.05) is 0 Å². The van der Waals surface area contributed by atoms with Crippen LogP contribution in [-0.2, 0) is 4.79 Å². The Kier molecular flexibility index (Phi) is 5.40. The van der Waals surface area contributed by atoms with Crippen LogP contribution in [0.3, 0.4) is 0 Å². The molecule has 13 heavy (non-hydrogen) atoms. The minimum Gasteiger partial charge on any atom is -0.222 e. The Labute approximate surface area is 87.0 Å². The molecule has 0 fully saturated rings. The van der Waals surface area contributed by atoms with Gasteiger partial charge in [-0.05, 0) is 31.0 Å². The highest BCUT2D eigenvalue weighted by atomic mass is 35.5. The lowest BCUT2D eigenvalue weighted by Gasteiger charge is -2.00. The molecule has 2 nitrogen and oxygen atoms in total. The van der Waals surface area contributed by atoms with E-state index in [-0.39, 0.29) is 0 Å². The van der Waals surface area contributed by atoms with Crippen molar-refractivity contribution in [2.75, 3.05) is 0 Å². The highest BCUT2D eigenvalue weighted by Gasteiger charge is 2.00. The predicted octanol–water partition coefficient (Wildman–Crippen LogP) is 3.51. The van der Waals surface area contributed by atoms with Gasteiger partial charge in [0.15, 0.2) is 0 Å². The normalized spacial score (nSPS) is 8.31. The lowest BCUT2D eigenvalue weighted by Crippen LogP contribution is -1.79. The van der Waals surface area contributed by atoms with Gasteiger partial charge in [-0.1, -0.05) is 29.3 Å². The molecule has 0 aromatic heterocycles. The number of hydrogen-bond acceptors (Lipinski definition) is 2. The summed E-state index contributed by atoms with van der Waals surface area (Å²) in [7, 11) is 0. The fraction of sp³-hybridized carbons (Fsp3) is 0.222. The number of hydrogen-bond donors (Lipinski definition) is 1. The van der Waals surface area contributed by atoms with Gasteiger partial charge in [0.25, 0.3) is 0 Å². The number of isocyanates is 1. The van der Waals surface area contributed by atoms with Gasteiger partial charge in [0.2, 0.25) is 6.08 Å². The smallest absolute Gasteiger partial charge is 0.222 e. The molecular weight excluding hydrogens is 209 g/mol. The van der Waals surface area contributed by atoms with Crippen LogP contribution in [0.2, 0.25) is 10.0 Å². The van der Waals surface area contributed by atoms with Crippen molar-refractivity contribution < 1.29 is 4.79 Å². The second-order valence-corrected chi connectivity index (χ2v) is 3.26. The molecule has 1 rings (SSSR count). The second kappa shape index (κ2) is 5.76. The summed E-state index contributed by atoms with van der Waals surface area (Å²) in [5, 5.41) is 6.70. The van der Waals surface area contributed by atoms with Crippen LogP contribution in [0.1, 0.15) is 11.1 Å². The molecule has 0 aliphatic carbocycles. The summed E-state index contributed by atoms with van der Waals surface area (Å²) in [4.78, 5) is 8.35. The van der Waals surface area contributed by atoms with Crippen LogP contribution in [0.25, 0.3) is 0 Å². The molecule has 1 aromatic rings. The van der Waals surface area contributed by atoms with Crippen LogP contribution in [0.5, 0.6) is 0 Å². The lowest BCUT2D eigenvalue weighted by atomic mass is 10.2. The van der Waals surface area contributed by atoms with Crippen molar-refractivity contribution in [3.8, 4) is 0 Å². The van der Waals surface area contributed by atoms with Gasteiger partial charge in [-0.2, -0.15) is 0 Å². The van der Waals surface area contributed by atoms with E-state index in [1.165, 1.54) is 0 Å². The largest absolute Gasteiger partial charge is 0.231 e. The van der Waals surface area contributed by atoms with E-state index < -0.39 is 0 Å². The van der Waals surface area contributed by atoms with E-state index in [9.17, 15) is 0 Å². The van der Waals surface area contributed by atoms with Crippen molar-refractivity contribution in [3.63, 3.8) is 0 Å². The SMILES string of the molecule is Cc1cc(C)c(Cl)c(Cl)c1.N=C=O. The van der Waals surface area contributed by atoms with E-state index in [1.807, 2.05) is 26.0 Å². The molecule has 0 bridgehead atoms. The molecule has 0 heterocycles. The van der Waals surface area contributed by atoms with Crippen molar-refractivity contribution in [3.05, 3.63) is 33.3 Å². The molecule has 0 atom stereocenters. The van der Waals surface area contributed by atoms with Crippen LogP contribution in [0.15, 0.2) is 12.1 Å².